The number of aryl methyl sites for hydroxylation is 1. The maximum atomic E-state index is 13.5. The van der Waals surface area contributed by atoms with Crippen molar-refractivity contribution >= 4 is 11.9 Å². The average Bonchev–Trinajstić information content (AvgIpc) is 3.30. The highest BCUT2D eigenvalue weighted by molar-refractivity contribution is 6.01. The van der Waals surface area contributed by atoms with Crippen molar-refractivity contribution in [2.75, 3.05) is 7.11 Å². The van der Waals surface area contributed by atoms with E-state index >= 15 is 0 Å². The summed E-state index contributed by atoms with van der Waals surface area (Å²) in [6, 6.07) is 8.88. The van der Waals surface area contributed by atoms with E-state index in [0.29, 0.717) is 17.0 Å². The summed E-state index contributed by atoms with van der Waals surface area (Å²) >= 11 is 0. The van der Waals surface area contributed by atoms with E-state index in [9.17, 15) is 13.6 Å². The monoisotopic (exact) mass is 395 g/mol. The van der Waals surface area contributed by atoms with Crippen molar-refractivity contribution in [2.24, 2.45) is 0 Å². The van der Waals surface area contributed by atoms with E-state index in [-0.39, 0.29) is 18.2 Å². The molecule has 0 aliphatic carbocycles. The molecular weight excluding hydrogens is 376 g/mol. The third-order valence-corrected chi connectivity index (χ3v) is 4.87. The predicted octanol–water partition coefficient (Wildman–Crippen LogP) is 4.11. The number of benzene rings is 2. The molecule has 0 spiro atoms. The predicted molar refractivity (Wildman–Crippen MR) is 105 cm³/mol. The Balaban J connectivity index is 1.60. The summed E-state index contributed by atoms with van der Waals surface area (Å²) in [5.41, 5.74) is 3.46. The van der Waals surface area contributed by atoms with Gasteiger partial charge in [-0.05, 0) is 48.4 Å². The Kier molecular flexibility index (Phi) is 4.88. The van der Waals surface area contributed by atoms with Crippen LogP contribution in [0.2, 0.25) is 0 Å². The molecule has 7 heteroatoms. The van der Waals surface area contributed by atoms with Gasteiger partial charge < -0.3 is 14.6 Å². The Morgan fingerprint density at radius 2 is 2.03 bits per heavy atom. The van der Waals surface area contributed by atoms with Crippen molar-refractivity contribution in [2.45, 2.75) is 19.4 Å². The Bertz CT molecular complexity index is 1120. The third-order valence-electron chi connectivity index (χ3n) is 4.87. The number of allylic oxidation sites excluding steroid dienone is 1. The molecule has 2 heterocycles. The number of nitrogens with one attached hydrogen (secondary N) is 1. The number of carbonyl (C=O) groups excluding carboxylic acids is 1. The van der Waals surface area contributed by atoms with Gasteiger partial charge in [-0.3, -0.25) is 4.79 Å². The normalized spacial score (nSPS) is 17.6. The number of halogens is 2. The Hall–Kier alpha value is -3.48. The number of rotatable bonds is 4. The summed E-state index contributed by atoms with van der Waals surface area (Å²) in [5, 5.41) is 3.11. The number of Topliss-reactive ketones (excluding diaryl/α,β-unsaturated/α-hetero) is 1. The highest BCUT2D eigenvalue weighted by atomic mass is 19.2. The third kappa shape index (κ3) is 3.76. The van der Waals surface area contributed by atoms with Crippen molar-refractivity contribution < 1.29 is 18.3 Å². The summed E-state index contributed by atoms with van der Waals surface area (Å²) in [6.07, 6.45) is 5.51. The number of imidazole rings is 1. The topological polar surface area (TPSA) is 56.1 Å². The van der Waals surface area contributed by atoms with Crippen molar-refractivity contribution in [3.05, 3.63) is 83.1 Å². The standard InChI is InChI=1S/C22H19F2N3O2/c1-13-11-27(12-25-13)20-6-3-14(8-22(20)29-2)7-19-21(28)10-18(26-19)15-4-5-16(23)17(24)9-15/h3-9,11-12,18,26H,10H2,1-2H3/t18-/m1/s1. The lowest BCUT2D eigenvalue weighted by Gasteiger charge is -2.12. The van der Waals surface area contributed by atoms with Crippen LogP contribution in [0.15, 0.2) is 54.6 Å². The van der Waals surface area contributed by atoms with Crippen LogP contribution in [0.1, 0.15) is 29.3 Å². The number of aromatic nitrogens is 2. The number of carbonyl (C=O) groups is 1. The second-order valence-corrected chi connectivity index (χ2v) is 6.91. The molecule has 0 radical (unpaired) electrons. The van der Waals surface area contributed by atoms with Crippen molar-refractivity contribution in [3.63, 3.8) is 0 Å². The summed E-state index contributed by atoms with van der Waals surface area (Å²) < 4.78 is 34.0. The van der Waals surface area contributed by atoms with Gasteiger partial charge in [0.2, 0.25) is 0 Å². The second kappa shape index (κ2) is 7.50. The number of ketones is 1. The van der Waals surface area contributed by atoms with E-state index in [0.717, 1.165) is 29.1 Å². The molecule has 2 aromatic carbocycles. The molecule has 1 N–H and O–H groups in total. The van der Waals surface area contributed by atoms with Crippen LogP contribution in [0, 0.1) is 18.6 Å². The average molecular weight is 395 g/mol. The minimum Gasteiger partial charge on any atom is -0.495 e. The second-order valence-electron chi connectivity index (χ2n) is 6.91. The number of hydrogen-bond acceptors (Lipinski definition) is 4. The zero-order valence-corrected chi connectivity index (χ0v) is 15.9. The van der Waals surface area contributed by atoms with Gasteiger partial charge in [-0.1, -0.05) is 12.1 Å². The van der Waals surface area contributed by atoms with Crippen molar-refractivity contribution in [1.29, 1.82) is 0 Å². The number of methoxy groups -OCH3 is 1. The largest absolute Gasteiger partial charge is 0.495 e. The lowest BCUT2D eigenvalue weighted by molar-refractivity contribution is -0.114. The van der Waals surface area contributed by atoms with Gasteiger partial charge in [0.25, 0.3) is 0 Å². The highest BCUT2D eigenvalue weighted by Crippen LogP contribution is 2.30. The number of nitrogens with zero attached hydrogens (tertiary/aromatic N) is 2. The zero-order chi connectivity index (χ0) is 20.5. The van der Waals surface area contributed by atoms with Gasteiger partial charge in [-0.2, -0.15) is 0 Å². The molecule has 4 rings (SSSR count). The Morgan fingerprint density at radius 1 is 1.21 bits per heavy atom. The quantitative estimate of drug-likeness (QED) is 0.676. The molecule has 1 atom stereocenters. The molecule has 1 aliphatic heterocycles. The van der Waals surface area contributed by atoms with E-state index < -0.39 is 11.6 Å². The molecule has 0 amide bonds. The molecule has 1 aromatic heterocycles. The first-order valence-corrected chi connectivity index (χ1v) is 9.10. The molecule has 0 saturated carbocycles. The summed E-state index contributed by atoms with van der Waals surface area (Å²) in [6.45, 7) is 1.91. The first kappa shape index (κ1) is 18.9. The van der Waals surface area contributed by atoms with Crippen LogP contribution in [-0.2, 0) is 4.79 Å². The maximum absolute atomic E-state index is 13.5. The molecular formula is C22H19F2N3O2. The van der Waals surface area contributed by atoms with Gasteiger partial charge in [-0.25, -0.2) is 13.8 Å². The van der Waals surface area contributed by atoms with E-state index in [2.05, 4.69) is 10.3 Å². The van der Waals surface area contributed by atoms with Gasteiger partial charge in [0.1, 0.15) is 5.75 Å². The summed E-state index contributed by atoms with van der Waals surface area (Å²) in [4.78, 5) is 16.6. The van der Waals surface area contributed by atoms with Crippen LogP contribution in [0.3, 0.4) is 0 Å². The fourth-order valence-corrected chi connectivity index (χ4v) is 3.38. The first-order chi connectivity index (χ1) is 13.9. The fraction of sp³-hybridized carbons (Fsp3) is 0.182. The Morgan fingerprint density at radius 3 is 2.72 bits per heavy atom. The van der Waals surface area contributed by atoms with Gasteiger partial charge in [0.05, 0.1) is 36.6 Å². The van der Waals surface area contributed by atoms with Gasteiger partial charge in [-0.15, -0.1) is 0 Å². The Labute approximate surface area is 166 Å². The van der Waals surface area contributed by atoms with E-state index in [1.807, 2.05) is 35.9 Å². The minimum atomic E-state index is -0.927. The maximum Gasteiger partial charge on any atom is 0.181 e. The molecule has 0 bridgehead atoms. The van der Waals surface area contributed by atoms with E-state index in [1.165, 1.54) is 6.07 Å². The molecule has 0 unspecified atom stereocenters. The molecule has 1 aliphatic rings. The van der Waals surface area contributed by atoms with Crippen LogP contribution in [0.5, 0.6) is 5.75 Å². The van der Waals surface area contributed by atoms with Crippen LogP contribution in [0.25, 0.3) is 11.8 Å². The zero-order valence-electron chi connectivity index (χ0n) is 15.9. The molecule has 3 aromatic rings. The summed E-state index contributed by atoms with van der Waals surface area (Å²) in [5.74, 6) is -1.29. The first-order valence-electron chi connectivity index (χ1n) is 9.10. The van der Waals surface area contributed by atoms with E-state index in [1.54, 1.807) is 19.5 Å². The van der Waals surface area contributed by atoms with Crippen molar-refractivity contribution in [1.82, 2.24) is 14.9 Å². The lowest BCUT2D eigenvalue weighted by Crippen LogP contribution is -2.12. The molecule has 148 valence electrons. The highest BCUT2D eigenvalue weighted by Gasteiger charge is 2.28. The fourth-order valence-electron chi connectivity index (χ4n) is 3.38. The van der Waals surface area contributed by atoms with Crippen molar-refractivity contribution in [3.8, 4) is 11.4 Å². The number of ether oxygens (including phenoxy) is 1. The lowest BCUT2D eigenvalue weighted by atomic mass is 10.0. The molecule has 5 nitrogen and oxygen atoms in total. The van der Waals surface area contributed by atoms with Crippen LogP contribution in [-0.4, -0.2) is 22.4 Å². The SMILES string of the molecule is COc1cc(C=C2N[C@@H](c3ccc(F)c(F)c3)CC2=O)ccc1-n1cnc(C)c1. The van der Waals surface area contributed by atoms with E-state index in [4.69, 9.17) is 4.74 Å². The molecule has 29 heavy (non-hydrogen) atoms. The van der Waals surface area contributed by atoms with Gasteiger partial charge in [0, 0.05) is 12.6 Å². The molecule has 1 fully saturated rings. The van der Waals surface area contributed by atoms with Crippen LogP contribution in [0.4, 0.5) is 8.78 Å². The van der Waals surface area contributed by atoms with Crippen LogP contribution >= 0.6 is 0 Å². The van der Waals surface area contributed by atoms with Gasteiger partial charge >= 0.3 is 0 Å². The number of hydrogen-bond donors (Lipinski definition) is 1. The van der Waals surface area contributed by atoms with Gasteiger partial charge in [0.15, 0.2) is 17.4 Å². The summed E-state index contributed by atoms with van der Waals surface area (Å²) in [7, 11) is 1.58. The molecule has 1 saturated heterocycles. The minimum absolute atomic E-state index is 0.0898. The smallest absolute Gasteiger partial charge is 0.181 e. The van der Waals surface area contributed by atoms with Crippen LogP contribution < -0.4 is 10.1 Å².